The average molecular weight is 457 g/mol. The van der Waals surface area contributed by atoms with E-state index < -0.39 is 23.7 Å². The Morgan fingerprint density at radius 1 is 1.11 bits per heavy atom. The van der Waals surface area contributed by atoms with Crippen LogP contribution in [0.25, 0.3) is 0 Å². The van der Waals surface area contributed by atoms with Crippen LogP contribution in [-0.2, 0) is 17.5 Å². The Morgan fingerprint density at radius 2 is 1.79 bits per heavy atom. The topological polar surface area (TPSA) is 49.9 Å². The van der Waals surface area contributed by atoms with Gasteiger partial charge in [-0.05, 0) is 35.9 Å². The fraction of sp³-hybridized carbons (Fsp3) is 0.263. The number of anilines is 1. The molecule has 0 aromatic heterocycles. The Labute approximate surface area is 167 Å². The lowest BCUT2D eigenvalue weighted by molar-refractivity contribution is -0.137. The first-order valence-corrected chi connectivity index (χ1v) is 9.11. The number of benzene rings is 2. The lowest BCUT2D eigenvalue weighted by Gasteiger charge is -2.35. The van der Waals surface area contributed by atoms with Crippen molar-refractivity contribution in [2.75, 3.05) is 18.6 Å². The van der Waals surface area contributed by atoms with Crippen molar-refractivity contribution >= 4 is 33.6 Å². The maximum Gasteiger partial charge on any atom is 0.418 e. The van der Waals surface area contributed by atoms with E-state index in [1.165, 1.54) is 19.2 Å². The van der Waals surface area contributed by atoms with Crippen molar-refractivity contribution in [3.05, 3.63) is 58.1 Å². The van der Waals surface area contributed by atoms with E-state index in [0.717, 1.165) is 15.9 Å². The number of alkyl halides is 3. The maximum absolute atomic E-state index is 13.5. The van der Waals surface area contributed by atoms with Crippen LogP contribution < -0.4 is 9.64 Å². The number of carbonyl (C=O) groups is 2. The summed E-state index contributed by atoms with van der Waals surface area (Å²) in [5.74, 6) is 0.189. The number of rotatable bonds is 4. The number of hydrogen-bond acceptors (Lipinski definition) is 3. The van der Waals surface area contributed by atoms with Gasteiger partial charge in [-0.1, -0.05) is 28.1 Å². The molecule has 1 heterocycles. The Balaban J connectivity index is 1.90. The van der Waals surface area contributed by atoms with Crippen molar-refractivity contribution in [1.29, 1.82) is 0 Å². The van der Waals surface area contributed by atoms with Crippen LogP contribution in [0.15, 0.2) is 46.9 Å². The molecule has 5 nitrogen and oxygen atoms in total. The standard InChI is InChI=1S/C19H16BrF3N2O3/c1-28-14-5-2-12(3-6-14)11-25-17(26)8-9-24(18(25)27)16-7-4-13(20)10-15(16)19(21,22)23/h2-7,10H,8-9,11H2,1H3. The van der Waals surface area contributed by atoms with Crippen LogP contribution in [-0.4, -0.2) is 30.5 Å². The number of ether oxygens (including phenoxy) is 1. The van der Waals surface area contributed by atoms with Gasteiger partial charge in [0.1, 0.15) is 5.75 Å². The van der Waals surface area contributed by atoms with E-state index in [-0.39, 0.29) is 29.7 Å². The smallest absolute Gasteiger partial charge is 0.418 e. The lowest BCUT2D eigenvalue weighted by atomic mass is 10.1. The van der Waals surface area contributed by atoms with Gasteiger partial charge in [0.05, 0.1) is 24.9 Å². The highest BCUT2D eigenvalue weighted by atomic mass is 79.9. The predicted octanol–water partition coefficient (Wildman–Crippen LogP) is 4.84. The summed E-state index contributed by atoms with van der Waals surface area (Å²) in [7, 11) is 1.51. The molecule has 0 atom stereocenters. The maximum atomic E-state index is 13.5. The highest BCUT2D eigenvalue weighted by molar-refractivity contribution is 9.10. The Bertz CT molecular complexity index is 900. The highest BCUT2D eigenvalue weighted by Crippen LogP contribution is 2.39. The molecule has 1 aliphatic heterocycles. The van der Waals surface area contributed by atoms with E-state index in [1.54, 1.807) is 24.3 Å². The number of urea groups is 1. The average Bonchev–Trinajstić information content (AvgIpc) is 2.65. The number of hydrogen-bond donors (Lipinski definition) is 0. The number of nitrogens with zero attached hydrogens (tertiary/aromatic N) is 2. The molecule has 28 heavy (non-hydrogen) atoms. The monoisotopic (exact) mass is 456 g/mol. The molecule has 1 fully saturated rings. The second-order valence-corrected chi connectivity index (χ2v) is 7.09. The molecule has 2 aromatic carbocycles. The summed E-state index contributed by atoms with van der Waals surface area (Å²) < 4.78 is 45.7. The largest absolute Gasteiger partial charge is 0.497 e. The van der Waals surface area contributed by atoms with Crippen molar-refractivity contribution in [3.8, 4) is 5.75 Å². The first-order valence-electron chi connectivity index (χ1n) is 8.32. The molecule has 0 bridgehead atoms. The highest BCUT2D eigenvalue weighted by Gasteiger charge is 2.39. The first kappa shape index (κ1) is 20.2. The van der Waals surface area contributed by atoms with Crippen LogP contribution in [0.2, 0.25) is 0 Å². The quantitative estimate of drug-likeness (QED) is 0.661. The molecule has 0 aliphatic carbocycles. The van der Waals surface area contributed by atoms with Crippen LogP contribution in [0.1, 0.15) is 17.5 Å². The summed E-state index contributed by atoms with van der Waals surface area (Å²) in [5.41, 5.74) is -0.543. The number of methoxy groups -OCH3 is 1. The minimum absolute atomic E-state index is 0.0317. The van der Waals surface area contributed by atoms with Gasteiger partial charge in [0.2, 0.25) is 5.91 Å². The third-order valence-electron chi connectivity index (χ3n) is 4.37. The van der Waals surface area contributed by atoms with E-state index in [1.807, 2.05) is 0 Å². The van der Waals surface area contributed by atoms with E-state index in [2.05, 4.69) is 15.9 Å². The minimum Gasteiger partial charge on any atom is -0.497 e. The molecular formula is C19H16BrF3N2O3. The summed E-state index contributed by atoms with van der Waals surface area (Å²) >= 11 is 3.03. The molecule has 2 aromatic rings. The zero-order valence-electron chi connectivity index (χ0n) is 14.8. The Hall–Kier alpha value is -2.55. The van der Waals surface area contributed by atoms with Gasteiger partial charge in [0, 0.05) is 17.4 Å². The number of amides is 3. The zero-order valence-corrected chi connectivity index (χ0v) is 16.4. The summed E-state index contributed by atoms with van der Waals surface area (Å²) in [6, 6.07) is 9.56. The van der Waals surface area contributed by atoms with Crippen molar-refractivity contribution < 1.29 is 27.5 Å². The molecule has 1 saturated heterocycles. The van der Waals surface area contributed by atoms with Crippen molar-refractivity contribution in [1.82, 2.24) is 4.90 Å². The van der Waals surface area contributed by atoms with Gasteiger partial charge in [0.15, 0.2) is 0 Å². The molecule has 0 saturated carbocycles. The van der Waals surface area contributed by atoms with Crippen LogP contribution in [0.3, 0.4) is 0 Å². The van der Waals surface area contributed by atoms with Gasteiger partial charge in [0.25, 0.3) is 0 Å². The Morgan fingerprint density at radius 3 is 2.39 bits per heavy atom. The number of carbonyl (C=O) groups excluding carboxylic acids is 2. The Kier molecular flexibility index (Phi) is 5.64. The third-order valence-corrected chi connectivity index (χ3v) is 4.86. The molecule has 0 radical (unpaired) electrons. The summed E-state index contributed by atoms with van der Waals surface area (Å²) in [4.78, 5) is 27.1. The molecule has 0 spiro atoms. The minimum atomic E-state index is -4.64. The third kappa shape index (κ3) is 4.14. The number of halogens is 4. The molecule has 0 N–H and O–H groups in total. The molecule has 148 valence electrons. The summed E-state index contributed by atoms with van der Waals surface area (Å²) in [6.07, 6.45) is -4.70. The summed E-state index contributed by atoms with van der Waals surface area (Å²) in [5, 5.41) is 0. The van der Waals surface area contributed by atoms with E-state index in [0.29, 0.717) is 11.3 Å². The van der Waals surface area contributed by atoms with Gasteiger partial charge in [-0.25, -0.2) is 4.79 Å². The van der Waals surface area contributed by atoms with E-state index in [9.17, 15) is 22.8 Å². The zero-order chi connectivity index (χ0) is 20.5. The molecule has 3 rings (SSSR count). The molecule has 9 heteroatoms. The van der Waals surface area contributed by atoms with Crippen molar-refractivity contribution in [3.63, 3.8) is 0 Å². The molecule has 3 amide bonds. The van der Waals surface area contributed by atoms with Crippen LogP contribution >= 0.6 is 15.9 Å². The van der Waals surface area contributed by atoms with Gasteiger partial charge in [-0.3, -0.25) is 14.6 Å². The van der Waals surface area contributed by atoms with Gasteiger partial charge in [-0.15, -0.1) is 0 Å². The van der Waals surface area contributed by atoms with Crippen LogP contribution in [0.4, 0.5) is 23.7 Å². The lowest BCUT2D eigenvalue weighted by Crippen LogP contribution is -2.52. The first-order chi connectivity index (χ1) is 13.2. The molecule has 0 unspecified atom stereocenters. The SMILES string of the molecule is COc1ccc(CN2C(=O)CCN(c3ccc(Br)cc3C(F)(F)F)C2=O)cc1. The van der Waals surface area contributed by atoms with Crippen molar-refractivity contribution in [2.24, 2.45) is 0 Å². The number of imide groups is 1. The molecule has 1 aliphatic rings. The summed E-state index contributed by atoms with van der Waals surface area (Å²) in [6.45, 7) is -0.141. The van der Waals surface area contributed by atoms with Gasteiger partial charge < -0.3 is 4.74 Å². The van der Waals surface area contributed by atoms with Gasteiger partial charge >= 0.3 is 12.2 Å². The second-order valence-electron chi connectivity index (χ2n) is 6.17. The van der Waals surface area contributed by atoms with Crippen LogP contribution in [0, 0.1) is 0 Å². The normalized spacial score (nSPS) is 15.2. The van der Waals surface area contributed by atoms with Crippen LogP contribution in [0.5, 0.6) is 5.75 Å². The van der Waals surface area contributed by atoms with E-state index >= 15 is 0 Å². The predicted molar refractivity (Wildman–Crippen MR) is 100 cm³/mol. The van der Waals surface area contributed by atoms with Crippen molar-refractivity contribution in [2.45, 2.75) is 19.1 Å². The van der Waals surface area contributed by atoms with Gasteiger partial charge in [-0.2, -0.15) is 13.2 Å². The fourth-order valence-electron chi connectivity index (χ4n) is 2.95. The fourth-order valence-corrected chi connectivity index (χ4v) is 3.32. The molecular weight excluding hydrogens is 441 g/mol. The van der Waals surface area contributed by atoms with E-state index in [4.69, 9.17) is 4.74 Å². The second kappa shape index (κ2) is 7.83.